The Hall–Kier alpha value is -3.51. The van der Waals surface area contributed by atoms with E-state index in [4.69, 9.17) is 0 Å². The Balaban J connectivity index is 1.17. The van der Waals surface area contributed by atoms with Gasteiger partial charge in [0.2, 0.25) is 11.8 Å². The SMILES string of the molecule is CN(Cc1ccc(F)cc1)C(=O)C1(c2ccccc2)CC1CN1CCC(C(=O)N2CCCCC2)(c2ccccc2)CC1. The molecule has 3 fully saturated rings. The van der Waals surface area contributed by atoms with Crippen LogP contribution in [0.3, 0.4) is 0 Å². The van der Waals surface area contributed by atoms with Crippen molar-refractivity contribution >= 4 is 11.8 Å². The number of halogens is 1. The molecule has 2 saturated heterocycles. The molecule has 42 heavy (non-hydrogen) atoms. The van der Waals surface area contributed by atoms with Crippen LogP contribution in [0.4, 0.5) is 4.39 Å². The summed E-state index contributed by atoms with van der Waals surface area (Å²) < 4.78 is 13.5. The second-order valence-corrected chi connectivity index (χ2v) is 12.6. The summed E-state index contributed by atoms with van der Waals surface area (Å²) in [6.07, 6.45) is 5.81. The van der Waals surface area contributed by atoms with E-state index < -0.39 is 10.8 Å². The molecule has 3 aliphatic rings. The molecule has 0 bridgehead atoms. The maximum Gasteiger partial charge on any atom is 0.233 e. The Labute approximate surface area is 249 Å². The molecule has 3 aromatic carbocycles. The standard InChI is InChI=1S/C36H42FN3O2/c1-38(26-28-15-17-32(37)18-16-28)34(42)36(30-13-7-3-8-14-30)25-31(36)27-39-23-19-35(20-24-39,29-11-5-2-6-12-29)33(41)40-21-9-4-10-22-40/h2-3,5-8,11-18,31H,4,9-10,19-27H2,1H3. The van der Waals surface area contributed by atoms with Crippen LogP contribution in [-0.4, -0.2) is 66.3 Å². The second-order valence-electron chi connectivity index (χ2n) is 12.6. The predicted molar refractivity (Wildman–Crippen MR) is 163 cm³/mol. The third-order valence-corrected chi connectivity index (χ3v) is 10.0. The van der Waals surface area contributed by atoms with E-state index >= 15 is 0 Å². The van der Waals surface area contributed by atoms with E-state index in [-0.39, 0.29) is 17.6 Å². The van der Waals surface area contributed by atoms with Crippen molar-refractivity contribution in [2.45, 2.75) is 55.9 Å². The Morgan fingerprint density at radius 1 is 0.810 bits per heavy atom. The van der Waals surface area contributed by atoms with Crippen molar-refractivity contribution in [3.05, 3.63) is 107 Å². The predicted octanol–water partition coefficient (Wildman–Crippen LogP) is 5.79. The van der Waals surface area contributed by atoms with Crippen molar-refractivity contribution in [2.75, 3.05) is 39.8 Å². The summed E-state index contributed by atoms with van der Waals surface area (Å²) in [4.78, 5) is 34.6. The first-order valence-electron chi connectivity index (χ1n) is 15.6. The summed E-state index contributed by atoms with van der Waals surface area (Å²) in [6, 6.07) is 27.0. The number of likely N-dealkylation sites (tertiary alicyclic amines) is 2. The number of hydrogen-bond acceptors (Lipinski definition) is 3. The molecule has 1 saturated carbocycles. The summed E-state index contributed by atoms with van der Waals surface area (Å²) in [7, 11) is 1.85. The third kappa shape index (κ3) is 5.49. The first kappa shape index (κ1) is 28.6. The first-order valence-corrected chi connectivity index (χ1v) is 15.6. The molecular weight excluding hydrogens is 525 g/mol. The summed E-state index contributed by atoms with van der Waals surface area (Å²) in [5.41, 5.74) is 2.11. The van der Waals surface area contributed by atoms with Crippen LogP contribution >= 0.6 is 0 Å². The molecule has 220 valence electrons. The van der Waals surface area contributed by atoms with Gasteiger partial charge in [-0.15, -0.1) is 0 Å². The number of piperidine rings is 2. The topological polar surface area (TPSA) is 43.9 Å². The zero-order valence-corrected chi connectivity index (χ0v) is 24.7. The molecule has 2 heterocycles. The number of carbonyl (C=O) groups excluding carboxylic acids is 2. The quantitative estimate of drug-likeness (QED) is 0.346. The number of likely N-dealkylation sites (N-methyl/N-ethyl adjacent to an activating group) is 1. The van der Waals surface area contributed by atoms with Gasteiger partial charge >= 0.3 is 0 Å². The number of carbonyl (C=O) groups is 2. The van der Waals surface area contributed by atoms with Gasteiger partial charge < -0.3 is 14.7 Å². The lowest BCUT2D eigenvalue weighted by Gasteiger charge is -2.44. The average Bonchev–Trinajstić information content (AvgIpc) is 3.77. The lowest BCUT2D eigenvalue weighted by Crippen LogP contribution is -2.54. The van der Waals surface area contributed by atoms with Crippen molar-refractivity contribution in [1.82, 2.24) is 14.7 Å². The van der Waals surface area contributed by atoms with Gasteiger partial charge in [-0.3, -0.25) is 9.59 Å². The fourth-order valence-electron chi connectivity index (χ4n) is 7.51. The van der Waals surface area contributed by atoms with E-state index in [0.717, 1.165) is 81.5 Å². The van der Waals surface area contributed by atoms with Crippen molar-refractivity contribution in [3.63, 3.8) is 0 Å². The summed E-state index contributed by atoms with van der Waals surface area (Å²) in [5, 5.41) is 0. The number of benzene rings is 3. The second kappa shape index (κ2) is 12.0. The third-order valence-electron chi connectivity index (χ3n) is 10.0. The molecule has 1 aliphatic carbocycles. The highest BCUT2D eigenvalue weighted by Gasteiger charge is 2.62. The summed E-state index contributed by atoms with van der Waals surface area (Å²) in [6.45, 7) is 4.71. The molecule has 0 aromatic heterocycles. The smallest absolute Gasteiger partial charge is 0.233 e. The molecule has 5 nitrogen and oxygen atoms in total. The highest BCUT2D eigenvalue weighted by molar-refractivity contribution is 5.92. The molecule has 2 atom stereocenters. The van der Waals surface area contributed by atoms with Crippen LogP contribution in [0, 0.1) is 11.7 Å². The number of amides is 2. The van der Waals surface area contributed by atoms with Gasteiger partial charge in [0, 0.05) is 33.2 Å². The van der Waals surface area contributed by atoms with E-state index in [1.165, 1.54) is 18.6 Å². The Morgan fingerprint density at radius 2 is 1.40 bits per heavy atom. The highest BCUT2D eigenvalue weighted by atomic mass is 19.1. The molecule has 6 heteroatoms. The minimum Gasteiger partial charge on any atom is -0.342 e. The Bertz CT molecular complexity index is 1370. The monoisotopic (exact) mass is 567 g/mol. The van der Waals surface area contributed by atoms with Crippen LogP contribution in [0.15, 0.2) is 84.9 Å². The van der Waals surface area contributed by atoms with Gasteiger partial charge in [-0.1, -0.05) is 72.8 Å². The fourth-order valence-corrected chi connectivity index (χ4v) is 7.51. The van der Waals surface area contributed by atoms with Gasteiger partial charge in [0.05, 0.1) is 10.8 Å². The molecule has 0 N–H and O–H groups in total. The van der Waals surface area contributed by atoms with Crippen LogP contribution in [-0.2, 0) is 27.0 Å². The van der Waals surface area contributed by atoms with Gasteiger partial charge in [-0.25, -0.2) is 4.39 Å². The van der Waals surface area contributed by atoms with Crippen LogP contribution in [0.1, 0.15) is 55.2 Å². The molecule has 6 rings (SSSR count). The van der Waals surface area contributed by atoms with Gasteiger partial charge in [0.25, 0.3) is 0 Å². The normalized spacial score (nSPS) is 23.8. The van der Waals surface area contributed by atoms with E-state index in [1.54, 1.807) is 17.0 Å². The first-order chi connectivity index (χ1) is 20.4. The maximum absolute atomic E-state index is 14.1. The Kier molecular flexibility index (Phi) is 8.17. The van der Waals surface area contributed by atoms with Gasteiger partial charge in [0.1, 0.15) is 5.82 Å². The van der Waals surface area contributed by atoms with Crippen molar-refractivity contribution in [2.24, 2.45) is 5.92 Å². The zero-order valence-electron chi connectivity index (χ0n) is 24.7. The van der Waals surface area contributed by atoms with E-state index in [9.17, 15) is 14.0 Å². The minimum absolute atomic E-state index is 0.124. The van der Waals surface area contributed by atoms with Crippen LogP contribution in [0.5, 0.6) is 0 Å². The molecule has 0 spiro atoms. The molecule has 2 unspecified atom stereocenters. The molecule has 3 aromatic rings. The van der Waals surface area contributed by atoms with Gasteiger partial charge in [-0.05, 0) is 86.4 Å². The van der Waals surface area contributed by atoms with Crippen molar-refractivity contribution in [3.8, 4) is 0 Å². The summed E-state index contributed by atoms with van der Waals surface area (Å²) in [5.74, 6) is 0.367. The number of rotatable bonds is 8. The lowest BCUT2D eigenvalue weighted by molar-refractivity contribution is -0.140. The van der Waals surface area contributed by atoms with E-state index in [0.29, 0.717) is 12.5 Å². The van der Waals surface area contributed by atoms with Crippen molar-refractivity contribution < 1.29 is 14.0 Å². The molecule has 2 amide bonds. The number of nitrogens with zero attached hydrogens (tertiary/aromatic N) is 3. The van der Waals surface area contributed by atoms with Crippen LogP contribution in [0.25, 0.3) is 0 Å². The maximum atomic E-state index is 14.1. The minimum atomic E-state index is -0.548. The summed E-state index contributed by atoms with van der Waals surface area (Å²) >= 11 is 0. The Morgan fingerprint density at radius 3 is 2.02 bits per heavy atom. The number of hydrogen-bond donors (Lipinski definition) is 0. The molecular formula is C36H42FN3O2. The zero-order chi connectivity index (χ0) is 29.2. The van der Waals surface area contributed by atoms with Crippen LogP contribution in [0.2, 0.25) is 0 Å². The fraction of sp³-hybridized carbons (Fsp3) is 0.444. The lowest BCUT2D eigenvalue weighted by atomic mass is 9.71. The van der Waals surface area contributed by atoms with Crippen LogP contribution < -0.4 is 0 Å². The van der Waals surface area contributed by atoms with E-state index in [1.807, 2.05) is 31.3 Å². The molecule has 0 radical (unpaired) electrons. The molecule has 2 aliphatic heterocycles. The van der Waals surface area contributed by atoms with E-state index in [2.05, 4.69) is 46.2 Å². The average molecular weight is 568 g/mol. The van der Waals surface area contributed by atoms with Gasteiger partial charge in [0.15, 0.2) is 0 Å². The van der Waals surface area contributed by atoms with Crippen molar-refractivity contribution in [1.29, 1.82) is 0 Å². The van der Waals surface area contributed by atoms with Gasteiger partial charge in [-0.2, -0.15) is 0 Å². The highest BCUT2D eigenvalue weighted by Crippen LogP contribution is 2.56. The largest absolute Gasteiger partial charge is 0.342 e.